The summed E-state index contributed by atoms with van der Waals surface area (Å²) < 4.78 is 21.6. The van der Waals surface area contributed by atoms with E-state index in [1.54, 1.807) is 32.4 Å². The first-order valence-corrected chi connectivity index (χ1v) is 9.50. The number of aryl methyl sites for hydroxylation is 1. The zero-order valence-corrected chi connectivity index (χ0v) is 16.7. The first kappa shape index (κ1) is 19.0. The number of methoxy groups -OCH3 is 2. The highest BCUT2D eigenvalue weighted by atomic mass is 16.5. The van der Waals surface area contributed by atoms with Gasteiger partial charge in [-0.1, -0.05) is 5.16 Å². The number of benzene rings is 1. The largest absolute Gasteiger partial charge is 0.497 e. The van der Waals surface area contributed by atoms with Gasteiger partial charge < -0.3 is 23.3 Å². The first-order valence-electron chi connectivity index (χ1n) is 9.50. The second-order valence-electron chi connectivity index (χ2n) is 7.06. The lowest BCUT2D eigenvalue weighted by Gasteiger charge is -2.31. The number of amides is 1. The van der Waals surface area contributed by atoms with Gasteiger partial charge in [0, 0.05) is 24.7 Å². The molecule has 3 heterocycles. The molecule has 3 aromatic rings. The first-order chi connectivity index (χ1) is 14.1. The Morgan fingerprint density at radius 1 is 1.17 bits per heavy atom. The average molecular weight is 397 g/mol. The Kier molecular flexibility index (Phi) is 5.24. The van der Waals surface area contributed by atoms with Crippen LogP contribution < -0.4 is 9.47 Å². The van der Waals surface area contributed by atoms with Gasteiger partial charge in [-0.15, -0.1) is 0 Å². The Morgan fingerprint density at radius 2 is 1.93 bits per heavy atom. The summed E-state index contributed by atoms with van der Waals surface area (Å²) in [6.07, 6.45) is 1.74. The molecule has 0 unspecified atom stereocenters. The van der Waals surface area contributed by atoms with Crippen LogP contribution in [0.4, 0.5) is 0 Å². The van der Waals surface area contributed by atoms with Crippen molar-refractivity contribution in [3.63, 3.8) is 0 Å². The molecule has 2 aromatic heterocycles. The van der Waals surface area contributed by atoms with E-state index in [1.807, 2.05) is 24.0 Å². The molecule has 29 heavy (non-hydrogen) atoms. The SMILES string of the molecule is COc1cc(OC)cc(C(=O)N2CCC[C@H](c3nc(-c4ccc(C)o4)no3)C2)c1. The number of carbonyl (C=O) groups excluding carboxylic acids is 1. The van der Waals surface area contributed by atoms with Crippen LogP contribution in [0, 0.1) is 6.92 Å². The molecular weight excluding hydrogens is 374 g/mol. The molecule has 1 amide bonds. The Morgan fingerprint density at radius 3 is 2.59 bits per heavy atom. The predicted molar refractivity (Wildman–Crippen MR) is 104 cm³/mol. The van der Waals surface area contributed by atoms with E-state index in [0.29, 0.717) is 47.6 Å². The van der Waals surface area contributed by atoms with Gasteiger partial charge in [0.15, 0.2) is 5.76 Å². The highest BCUT2D eigenvalue weighted by molar-refractivity contribution is 5.95. The van der Waals surface area contributed by atoms with Gasteiger partial charge in [-0.2, -0.15) is 4.98 Å². The maximum atomic E-state index is 13.1. The molecule has 1 atom stereocenters. The van der Waals surface area contributed by atoms with Crippen LogP contribution in [0.3, 0.4) is 0 Å². The summed E-state index contributed by atoms with van der Waals surface area (Å²) in [5.41, 5.74) is 0.527. The number of carbonyl (C=O) groups is 1. The van der Waals surface area contributed by atoms with Crippen LogP contribution in [0.25, 0.3) is 11.6 Å². The van der Waals surface area contributed by atoms with Crippen molar-refractivity contribution in [2.45, 2.75) is 25.7 Å². The van der Waals surface area contributed by atoms with E-state index in [-0.39, 0.29) is 11.8 Å². The summed E-state index contributed by atoms with van der Waals surface area (Å²) in [6, 6.07) is 8.86. The van der Waals surface area contributed by atoms with Crippen molar-refractivity contribution in [2.24, 2.45) is 0 Å². The zero-order chi connectivity index (χ0) is 20.4. The fourth-order valence-corrected chi connectivity index (χ4v) is 3.53. The minimum atomic E-state index is -0.0756. The van der Waals surface area contributed by atoms with Crippen molar-refractivity contribution in [1.82, 2.24) is 15.0 Å². The number of hydrogen-bond acceptors (Lipinski definition) is 7. The van der Waals surface area contributed by atoms with Gasteiger partial charge in [0.2, 0.25) is 11.7 Å². The molecule has 1 aliphatic heterocycles. The normalized spacial score (nSPS) is 16.7. The van der Waals surface area contributed by atoms with Gasteiger partial charge in [-0.25, -0.2) is 0 Å². The molecular formula is C21H23N3O5. The van der Waals surface area contributed by atoms with E-state index in [1.165, 1.54) is 0 Å². The summed E-state index contributed by atoms with van der Waals surface area (Å²) in [5.74, 6) is 3.38. The van der Waals surface area contributed by atoms with Gasteiger partial charge in [-0.05, 0) is 44.0 Å². The summed E-state index contributed by atoms with van der Waals surface area (Å²) in [5, 5.41) is 4.03. The lowest BCUT2D eigenvalue weighted by molar-refractivity contribution is 0.0695. The van der Waals surface area contributed by atoms with Gasteiger partial charge in [0.25, 0.3) is 5.91 Å². The number of hydrogen-bond donors (Lipinski definition) is 0. The number of likely N-dealkylation sites (tertiary alicyclic amines) is 1. The van der Waals surface area contributed by atoms with Gasteiger partial charge >= 0.3 is 0 Å². The van der Waals surface area contributed by atoms with Crippen molar-refractivity contribution < 1.29 is 23.2 Å². The number of piperidine rings is 1. The van der Waals surface area contributed by atoms with Crippen LogP contribution in [-0.2, 0) is 0 Å². The summed E-state index contributed by atoms with van der Waals surface area (Å²) in [6.45, 7) is 3.05. The van der Waals surface area contributed by atoms with Crippen LogP contribution in [0.15, 0.2) is 39.3 Å². The molecule has 0 aliphatic carbocycles. The third kappa shape index (κ3) is 3.96. The molecule has 0 N–H and O–H groups in total. The van der Waals surface area contributed by atoms with E-state index < -0.39 is 0 Å². The fraction of sp³-hybridized carbons (Fsp3) is 0.381. The van der Waals surface area contributed by atoms with Gasteiger partial charge in [-0.3, -0.25) is 4.79 Å². The van der Waals surface area contributed by atoms with Crippen molar-refractivity contribution in [2.75, 3.05) is 27.3 Å². The standard InChI is InChI=1S/C21H23N3O5/c1-13-6-7-18(28-13)19-22-20(29-23-19)14-5-4-8-24(12-14)21(25)15-9-16(26-2)11-17(10-15)27-3/h6-7,9-11,14H,4-5,8,12H2,1-3H3/t14-/m0/s1. The minimum absolute atomic E-state index is 0.0162. The Bertz CT molecular complexity index is 987. The van der Waals surface area contributed by atoms with Crippen molar-refractivity contribution in [3.05, 3.63) is 47.5 Å². The number of rotatable bonds is 5. The molecule has 8 nitrogen and oxygen atoms in total. The van der Waals surface area contributed by atoms with E-state index in [0.717, 1.165) is 18.6 Å². The highest BCUT2D eigenvalue weighted by Gasteiger charge is 2.30. The molecule has 1 fully saturated rings. The van der Waals surface area contributed by atoms with Crippen LogP contribution in [0.2, 0.25) is 0 Å². The summed E-state index contributed by atoms with van der Waals surface area (Å²) in [4.78, 5) is 19.4. The number of ether oxygens (including phenoxy) is 2. The average Bonchev–Trinajstić information content (AvgIpc) is 3.42. The summed E-state index contributed by atoms with van der Waals surface area (Å²) in [7, 11) is 3.13. The number of furan rings is 1. The topological polar surface area (TPSA) is 90.8 Å². The molecule has 0 saturated carbocycles. The molecule has 0 radical (unpaired) electrons. The second-order valence-corrected chi connectivity index (χ2v) is 7.06. The Balaban J connectivity index is 1.51. The fourth-order valence-electron chi connectivity index (χ4n) is 3.53. The van der Waals surface area contributed by atoms with Crippen LogP contribution in [0.1, 0.15) is 40.8 Å². The van der Waals surface area contributed by atoms with E-state index in [4.69, 9.17) is 18.4 Å². The summed E-state index contributed by atoms with van der Waals surface area (Å²) >= 11 is 0. The smallest absolute Gasteiger partial charge is 0.254 e. The van der Waals surface area contributed by atoms with Gasteiger partial charge in [0.1, 0.15) is 17.3 Å². The number of aromatic nitrogens is 2. The Hall–Kier alpha value is -3.29. The maximum Gasteiger partial charge on any atom is 0.254 e. The van der Waals surface area contributed by atoms with E-state index in [2.05, 4.69) is 10.1 Å². The lowest BCUT2D eigenvalue weighted by Crippen LogP contribution is -2.39. The molecule has 4 rings (SSSR count). The maximum absolute atomic E-state index is 13.1. The van der Waals surface area contributed by atoms with Crippen LogP contribution in [0.5, 0.6) is 11.5 Å². The van der Waals surface area contributed by atoms with Crippen LogP contribution >= 0.6 is 0 Å². The van der Waals surface area contributed by atoms with E-state index >= 15 is 0 Å². The van der Waals surface area contributed by atoms with Crippen molar-refractivity contribution in [1.29, 1.82) is 0 Å². The van der Waals surface area contributed by atoms with Crippen molar-refractivity contribution in [3.8, 4) is 23.1 Å². The lowest BCUT2D eigenvalue weighted by atomic mass is 9.97. The predicted octanol–water partition coefficient (Wildman–Crippen LogP) is 3.68. The van der Waals surface area contributed by atoms with E-state index in [9.17, 15) is 4.79 Å². The molecule has 1 aromatic carbocycles. The third-order valence-electron chi connectivity index (χ3n) is 5.06. The van der Waals surface area contributed by atoms with Gasteiger partial charge in [0.05, 0.1) is 20.1 Å². The quantitative estimate of drug-likeness (QED) is 0.649. The molecule has 1 aliphatic rings. The zero-order valence-electron chi connectivity index (χ0n) is 16.7. The molecule has 1 saturated heterocycles. The molecule has 8 heteroatoms. The monoisotopic (exact) mass is 397 g/mol. The van der Waals surface area contributed by atoms with Crippen LogP contribution in [-0.4, -0.2) is 48.3 Å². The second kappa shape index (κ2) is 7.98. The van der Waals surface area contributed by atoms with Crippen molar-refractivity contribution >= 4 is 5.91 Å². The molecule has 0 spiro atoms. The molecule has 0 bridgehead atoms. The minimum Gasteiger partial charge on any atom is -0.497 e. The number of nitrogens with zero attached hydrogens (tertiary/aromatic N) is 3. The highest BCUT2D eigenvalue weighted by Crippen LogP contribution is 2.30. The molecule has 152 valence electrons. The third-order valence-corrected chi connectivity index (χ3v) is 5.06. The Labute approximate surface area is 168 Å².